The number of benzene rings is 3. The van der Waals surface area contributed by atoms with Crippen molar-refractivity contribution in [3.8, 4) is 22.3 Å². The lowest BCUT2D eigenvalue weighted by atomic mass is 9.96. The number of hydrogen-bond acceptors (Lipinski definition) is 5. The number of ether oxygens (including phenoxy) is 1. The molecule has 3 heterocycles. The standard InChI is InChI=1S/C33H40N4O2/c38-32(34-14-20-36-16-3-1-4-17-36)23-10-11-24-25-8-7-9-26-28(13-12-27(30(25)26)29(24)22-23)31-33(39-31)35-15-21-37-18-5-2-6-19-37/h7-13,22,31,33,35H,1-6,14-21H2,(H,34,38). The summed E-state index contributed by atoms with van der Waals surface area (Å²) < 4.78 is 6.12. The highest BCUT2D eigenvalue weighted by molar-refractivity contribution is 6.17. The van der Waals surface area contributed by atoms with Crippen molar-refractivity contribution < 1.29 is 9.53 Å². The van der Waals surface area contributed by atoms with Crippen LogP contribution in [0.5, 0.6) is 0 Å². The molecule has 3 fully saturated rings. The normalized spacial score (nSPS) is 22.7. The van der Waals surface area contributed by atoms with Gasteiger partial charge in [0, 0.05) is 31.7 Å². The number of hydrogen-bond donors (Lipinski definition) is 2. The molecule has 0 aromatic heterocycles. The molecule has 0 spiro atoms. The number of epoxide rings is 1. The van der Waals surface area contributed by atoms with Crippen LogP contribution in [0.2, 0.25) is 0 Å². The number of fused-ring (bicyclic) bond motifs is 3. The topological polar surface area (TPSA) is 60.1 Å². The van der Waals surface area contributed by atoms with Gasteiger partial charge in [-0.25, -0.2) is 0 Å². The molecule has 3 saturated heterocycles. The molecular weight excluding hydrogens is 484 g/mol. The van der Waals surface area contributed by atoms with E-state index < -0.39 is 0 Å². The van der Waals surface area contributed by atoms with Crippen molar-refractivity contribution in [3.05, 3.63) is 59.7 Å². The smallest absolute Gasteiger partial charge is 0.251 e. The summed E-state index contributed by atoms with van der Waals surface area (Å²) in [5.41, 5.74) is 6.84. The summed E-state index contributed by atoms with van der Waals surface area (Å²) in [6.45, 7) is 8.46. The number of piperidine rings is 2. The van der Waals surface area contributed by atoms with Crippen molar-refractivity contribution in [1.82, 2.24) is 20.4 Å². The van der Waals surface area contributed by atoms with Gasteiger partial charge in [0.15, 0.2) is 0 Å². The van der Waals surface area contributed by atoms with Crippen LogP contribution in [0.15, 0.2) is 48.5 Å². The van der Waals surface area contributed by atoms with Gasteiger partial charge in [-0.15, -0.1) is 0 Å². The molecule has 2 N–H and O–H groups in total. The van der Waals surface area contributed by atoms with Gasteiger partial charge in [-0.3, -0.25) is 10.1 Å². The third-order valence-electron chi connectivity index (χ3n) is 9.12. The Morgan fingerprint density at radius 2 is 1.46 bits per heavy atom. The molecule has 3 aromatic carbocycles. The largest absolute Gasteiger partial charge is 0.351 e. The van der Waals surface area contributed by atoms with Crippen LogP contribution in [0, 0.1) is 0 Å². The van der Waals surface area contributed by atoms with Gasteiger partial charge in [0.1, 0.15) is 12.3 Å². The van der Waals surface area contributed by atoms with Gasteiger partial charge in [0.25, 0.3) is 5.91 Å². The molecule has 2 atom stereocenters. The zero-order chi connectivity index (χ0) is 26.2. The number of carbonyl (C=O) groups is 1. The van der Waals surface area contributed by atoms with Crippen LogP contribution < -0.4 is 10.6 Å². The Morgan fingerprint density at radius 3 is 2.23 bits per heavy atom. The van der Waals surface area contributed by atoms with Gasteiger partial charge in [-0.1, -0.05) is 49.2 Å². The average Bonchev–Trinajstić information content (AvgIpc) is 3.68. The molecular formula is C33H40N4O2. The Balaban J connectivity index is 1.04. The van der Waals surface area contributed by atoms with Crippen LogP contribution in [0.4, 0.5) is 0 Å². The van der Waals surface area contributed by atoms with Crippen LogP contribution in [0.3, 0.4) is 0 Å². The van der Waals surface area contributed by atoms with Crippen molar-refractivity contribution in [3.63, 3.8) is 0 Å². The molecule has 0 saturated carbocycles. The minimum atomic E-state index is 0.0171. The van der Waals surface area contributed by atoms with Gasteiger partial charge < -0.3 is 19.9 Å². The van der Waals surface area contributed by atoms with E-state index in [0.717, 1.165) is 43.9 Å². The van der Waals surface area contributed by atoms with E-state index in [-0.39, 0.29) is 18.2 Å². The minimum absolute atomic E-state index is 0.0171. The second-order valence-corrected chi connectivity index (χ2v) is 11.7. The molecule has 39 heavy (non-hydrogen) atoms. The van der Waals surface area contributed by atoms with E-state index in [1.807, 2.05) is 6.07 Å². The van der Waals surface area contributed by atoms with Crippen molar-refractivity contribution in [2.75, 3.05) is 52.4 Å². The number of rotatable bonds is 9. The van der Waals surface area contributed by atoms with E-state index in [2.05, 4.69) is 62.9 Å². The average molecular weight is 525 g/mol. The first-order chi connectivity index (χ1) is 19.3. The summed E-state index contributed by atoms with van der Waals surface area (Å²) in [5, 5.41) is 9.33. The Kier molecular flexibility index (Phi) is 7.12. The van der Waals surface area contributed by atoms with Crippen LogP contribution in [-0.4, -0.2) is 74.3 Å². The van der Waals surface area contributed by atoms with Crippen molar-refractivity contribution in [1.29, 1.82) is 0 Å². The van der Waals surface area contributed by atoms with Crippen LogP contribution in [-0.2, 0) is 4.74 Å². The number of carbonyl (C=O) groups excluding carboxylic acids is 1. The van der Waals surface area contributed by atoms with E-state index in [1.54, 1.807) is 0 Å². The third kappa shape index (κ3) is 5.11. The fourth-order valence-corrected chi connectivity index (χ4v) is 6.93. The molecule has 2 unspecified atom stereocenters. The Bertz CT molecular complexity index is 1360. The molecule has 7 rings (SSSR count). The summed E-state index contributed by atoms with van der Waals surface area (Å²) in [6, 6.07) is 17.2. The molecule has 6 nitrogen and oxygen atoms in total. The zero-order valence-corrected chi connectivity index (χ0v) is 22.9. The first-order valence-electron chi connectivity index (χ1n) is 15.1. The monoisotopic (exact) mass is 524 g/mol. The lowest BCUT2D eigenvalue weighted by Gasteiger charge is -2.26. The number of nitrogens with one attached hydrogen (secondary N) is 2. The molecule has 0 radical (unpaired) electrons. The zero-order valence-electron chi connectivity index (χ0n) is 22.9. The fourth-order valence-electron chi connectivity index (χ4n) is 6.93. The second-order valence-electron chi connectivity index (χ2n) is 11.7. The molecule has 4 aliphatic rings. The predicted octanol–water partition coefficient (Wildman–Crippen LogP) is 5.18. The number of amides is 1. The first kappa shape index (κ1) is 25.2. The fraction of sp³-hybridized carbons (Fsp3) is 0.485. The van der Waals surface area contributed by atoms with E-state index in [9.17, 15) is 4.79 Å². The minimum Gasteiger partial charge on any atom is -0.351 e. The van der Waals surface area contributed by atoms with Gasteiger partial charge in [-0.2, -0.15) is 0 Å². The summed E-state index contributed by atoms with van der Waals surface area (Å²) in [7, 11) is 0. The van der Waals surface area contributed by atoms with Crippen molar-refractivity contribution in [2.45, 2.75) is 50.9 Å². The van der Waals surface area contributed by atoms with Crippen LogP contribution in [0.1, 0.15) is 60.6 Å². The summed E-state index contributed by atoms with van der Waals surface area (Å²) in [6.07, 6.45) is 8.10. The van der Waals surface area contributed by atoms with Gasteiger partial charge in [-0.05, 0) is 103 Å². The highest BCUT2D eigenvalue weighted by atomic mass is 16.6. The predicted molar refractivity (Wildman–Crippen MR) is 157 cm³/mol. The van der Waals surface area contributed by atoms with Crippen molar-refractivity contribution >= 4 is 16.7 Å². The Labute approximate surface area is 231 Å². The van der Waals surface area contributed by atoms with Crippen LogP contribution >= 0.6 is 0 Å². The maximum absolute atomic E-state index is 13.0. The van der Waals surface area contributed by atoms with Gasteiger partial charge in [0.05, 0.1) is 0 Å². The number of nitrogens with zero attached hydrogens (tertiary/aromatic N) is 2. The summed E-state index contributed by atoms with van der Waals surface area (Å²) in [4.78, 5) is 18.0. The lowest BCUT2D eigenvalue weighted by molar-refractivity contribution is 0.0946. The first-order valence-corrected chi connectivity index (χ1v) is 15.1. The third-order valence-corrected chi connectivity index (χ3v) is 9.12. The highest BCUT2D eigenvalue weighted by Gasteiger charge is 2.41. The SMILES string of the molecule is O=C(NCCN1CCCCC1)c1ccc2c(c1)-c1ccc(C3OC3NCCN3CCCCC3)c3cccc-2c13. The molecule has 3 aliphatic heterocycles. The molecule has 3 aromatic rings. The Hall–Kier alpha value is -2.77. The van der Waals surface area contributed by atoms with E-state index in [4.69, 9.17) is 4.74 Å². The van der Waals surface area contributed by atoms with Gasteiger partial charge in [0.2, 0.25) is 0 Å². The van der Waals surface area contributed by atoms with E-state index >= 15 is 0 Å². The molecule has 1 amide bonds. The van der Waals surface area contributed by atoms with E-state index in [0.29, 0.717) is 6.54 Å². The van der Waals surface area contributed by atoms with Gasteiger partial charge >= 0.3 is 0 Å². The molecule has 0 bridgehead atoms. The quantitative estimate of drug-likeness (QED) is 0.296. The molecule has 204 valence electrons. The second kappa shape index (κ2) is 11.0. The maximum Gasteiger partial charge on any atom is 0.251 e. The van der Waals surface area contributed by atoms with Crippen LogP contribution in [0.25, 0.3) is 33.0 Å². The summed E-state index contributed by atoms with van der Waals surface area (Å²) in [5.74, 6) is 0.0171. The highest BCUT2D eigenvalue weighted by Crippen LogP contribution is 2.51. The maximum atomic E-state index is 13.0. The van der Waals surface area contributed by atoms with Crippen molar-refractivity contribution in [2.24, 2.45) is 0 Å². The Morgan fingerprint density at radius 1 is 0.769 bits per heavy atom. The van der Waals surface area contributed by atoms with E-state index in [1.165, 1.54) is 84.6 Å². The summed E-state index contributed by atoms with van der Waals surface area (Å²) >= 11 is 0. The lowest BCUT2D eigenvalue weighted by Crippen LogP contribution is -2.37. The molecule has 6 heteroatoms. The number of likely N-dealkylation sites (tertiary alicyclic amines) is 2. The molecule has 1 aliphatic carbocycles.